The summed E-state index contributed by atoms with van der Waals surface area (Å²) in [5, 5.41) is 0. The summed E-state index contributed by atoms with van der Waals surface area (Å²) in [4.78, 5) is 1.09. The molecular weight excluding hydrogens is 171 g/mol. The van der Waals surface area contributed by atoms with Crippen LogP contribution < -0.4 is 0 Å². The zero-order chi connectivity index (χ0) is 8.77. The van der Waals surface area contributed by atoms with Crippen LogP contribution in [0.5, 0.6) is 0 Å². The van der Waals surface area contributed by atoms with E-state index in [1.165, 1.54) is 0 Å². The zero-order valence-corrected chi connectivity index (χ0v) is 7.99. The lowest BCUT2D eigenvalue weighted by molar-refractivity contribution is 0.291. The van der Waals surface area contributed by atoms with Crippen molar-refractivity contribution >= 4 is 11.8 Å². The van der Waals surface area contributed by atoms with Gasteiger partial charge >= 0.3 is 0 Å². The van der Waals surface area contributed by atoms with E-state index in [-0.39, 0.29) is 4.75 Å². The molecule has 1 aromatic carbocycles. The van der Waals surface area contributed by atoms with Crippen molar-refractivity contribution in [3.05, 3.63) is 29.8 Å². The number of alkyl halides is 1. The highest BCUT2D eigenvalue weighted by Crippen LogP contribution is 2.53. The molecule has 0 aliphatic carbocycles. The molecule has 0 fully saturated rings. The van der Waals surface area contributed by atoms with Crippen LogP contribution in [0.15, 0.2) is 29.2 Å². The fourth-order valence-corrected chi connectivity index (χ4v) is 2.73. The Labute approximate surface area is 76.2 Å². The molecule has 1 aliphatic rings. The minimum atomic E-state index is -0.821. The molecule has 12 heavy (non-hydrogen) atoms. The van der Waals surface area contributed by atoms with Crippen molar-refractivity contribution in [2.45, 2.75) is 29.7 Å². The Bertz CT molecular complexity index is 306. The second-order valence-electron chi connectivity index (χ2n) is 3.61. The smallest absolute Gasteiger partial charge is 0.141 e. The molecule has 2 heteroatoms. The summed E-state index contributed by atoms with van der Waals surface area (Å²) < 4.78 is 13.4. The average Bonchev–Trinajstić information content (AvgIpc) is 2.24. The molecular formula is C10H11FS. The Balaban J connectivity index is 2.49. The Morgan fingerprint density at radius 1 is 1.33 bits per heavy atom. The number of benzene rings is 1. The molecule has 0 amide bonds. The molecule has 1 aromatic rings. The van der Waals surface area contributed by atoms with Crippen LogP contribution in [0.2, 0.25) is 0 Å². The fraction of sp³-hybridized carbons (Fsp3) is 0.400. The molecule has 1 heterocycles. The first-order valence-electron chi connectivity index (χ1n) is 4.03. The molecule has 0 aromatic heterocycles. The van der Waals surface area contributed by atoms with Crippen molar-refractivity contribution in [1.29, 1.82) is 0 Å². The Hall–Kier alpha value is -0.500. The molecule has 0 saturated heterocycles. The van der Waals surface area contributed by atoms with E-state index in [9.17, 15) is 4.39 Å². The fourth-order valence-electron chi connectivity index (χ4n) is 1.49. The lowest BCUT2D eigenvalue weighted by atomic mass is 10.0. The summed E-state index contributed by atoms with van der Waals surface area (Å²) in [5.74, 6) is 0. The maximum Gasteiger partial charge on any atom is 0.141 e. The molecule has 0 spiro atoms. The summed E-state index contributed by atoms with van der Waals surface area (Å²) in [6.45, 7) is 3.89. The highest BCUT2D eigenvalue weighted by molar-refractivity contribution is 8.01. The third kappa shape index (κ3) is 1.06. The number of fused-ring (bicyclic) bond motifs is 1. The molecule has 0 nitrogen and oxygen atoms in total. The molecule has 0 saturated carbocycles. The van der Waals surface area contributed by atoms with E-state index < -0.39 is 6.17 Å². The van der Waals surface area contributed by atoms with Gasteiger partial charge in [0.2, 0.25) is 0 Å². The molecule has 0 radical (unpaired) electrons. The van der Waals surface area contributed by atoms with Crippen LogP contribution in [-0.4, -0.2) is 4.75 Å². The van der Waals surface area contributed by atoms with E-state index in [0.29, 0.717) is 0 Å². The highest BCUT2D eigenvalue weighted by Gasteiger charge is 2.39. The molecule has 2 rings (SSSR count). The number of thioether (sulfide) groups is 1. The minimum absolute atomic E-state index is 0.288. The van der Waals surface area contributed by atoms with Gasteiger partial charge in [0.05, 0.1) is 4.75 Å². The summed E-state index contributed by atoms with van der Waals surface area (Å²) in [5.41, 5.74) is 0.854. The lowest BCUT2D eigenvalue weighted by Crippen LogP contribution is -2.16. The van der Waals surface area contributed by atoms with Crippen molar-refractivity contribution in [3.63, 3.8) is 0 Å². The van der Waals surface area contributed by atoms with E-state index in [4.69, 9.17) is 0 Å². The van der Waals surface area contributed by atoms with Crippen LogP contribution in [0.1, 0.15) is 25.6 Å². The van der Waals surface area contributed by atoms with Crippen molar-refractivity contribution in [1.82, 2.24) is 0 Å². The quantitative estimate of drug-likeness (QED) is 0.591. The van der Waals surface area contributed by atoms with E-state index in [1.807, 2.05) is 38.1 Å². The summed E-state index contributed by atoms with van der Waals surface area (Å²) >= 11 is 1.63. The van der Waals surface area contributed by atoms with Crippen LogP contribution >= 0.6 is 11.8 Å². The lowest BCUT2D eigenvalue weighted by Gasteiger charge is -2.18. The number of halogens is 1. The second-order valence-corrected chi connectivity index (χ2v) is 5.30. The standard InChI is InChI=1S/C10H11FS/c1-10(2)9(11)7-5-3-4-6-8(7)12-10/h3-6,9H,1-2H3. The summed E-state index contributed by atoms with van der Waals surface area (Å²) in [6, 6.07) is 7.72. The summed E-state index contributed by atoms with van der Waals surface area (Å²) in [7, 11) is 0. The van der Waals surface area contributed by atoms with Gasteiger partial charge in [-0.2, -0.15) is 0 Å². The van der Waals surface area contributed by atoms with E-state index in [1.54, 1.807) is 11.8 Å². The van der Waals surface area contributed by atoms with Crippen LogP contribution in [0.3, 0.4) is 0 Å². The third-order valence-corrected chi connectivity index (χ3v) is 3.50. The molecule has 1 aliphatic heterocycles. The van der Waals surface area contributed by atoms with Gasteiger partial charge in [0, 0.05) is 10.5 Å². The molecule has 0 bridgehead atoms. The van der Waals surface area contributed by atoms with Gasteiger partial charge in [0.15, 0.2) is 0 Å². The second kappa shape index (κ2) is 2.49. The topological polar surface area (TPSA) is 0 Å². The van der Waals surface area contributed by atoms with Gasteiger partial charge in [-0.1, -0.05) is 18.2 Å². The van der Waals surface area contributed by atoms with E-state index in [0.717, 1.165) is 10.5 Å². The van der Waals surface area contributed by atoms with Crippen molar-refractivity contribution < 1.29 is 4.39 Å². The zero-order valence-electron chi connectivity index (χ0n) is 7.17. The van der Waals surface area contributed by atoms with Gasteiger partial charge in [-0.15, -0.1) is 11.8 Å². The SMILES string of the molecule is CC1(C)Sc2ccccc2C1F. The van der Waals surface area contributed by atoms with Crippen molar-refractivity contribution in [2.75, 3.05) is 0 Å². The van der Waals surface area contributed by atoms with Crippen LogP contribution in [0, 0.1) is 0 Å². The van der Waals surface area contributed by atoms with Gasteiger partial charge in [-0.25, -0.2) is 4.39 Å². The van der Waals surface area contributed by atoms with Gasteiger partial charge in [0.25, 0.3) is 0 Å². The first-order valence-corrected chi connectivity index (χ1v) is 4.85. The molecule has 64 valence electrons. The maximum atomic E-state index is 13.7. The Morgan fingerprint density at radius 2 is 2.00 bits per heavy atom. The largest absolute Gasteiger partial charge is 0.241 e. The van der Waals surface area contributed by atoms with Crippen molar-refractivity contribution in [2.24, 2.45) is 0 Å². The number of rotatable bonds is 0. The van der Waals surface area contributed by atoms with Gasteiger partial charge < -0.3 is 0 Å². The Kier molecular flexibility index (Phi) is 1.69. The van der Waals surface area contributed by atoms with E-state index >= 15 is 0 Å². The Morgan fingerprint density at radius 3 is 2.67 bits per heavy atom. The molecule has 1 unspecified atom stereocenters. The van der Waals surface area contributed by atoms with Gasteiger partial charge in [-0.05, 0) is 19.9 Å². The normalized spacial score (nSPS) is 25.4. The maximum absolute atomic E-state index is 13.7. The first-order chi connectivity index (χ1) is 5.61. The van der Waals surface area contributed by atoms with Crippen molar-refractivity contribution in [3.8, 4) is 0 Å². The molecule has 0 N–H and O–H groups in total. The predicted octanol–water partition coefficient (Wildman–Crippen LogP) is 3.58. The van der Waals surface area contributed by atoms with Crippen LogP contribution in [0.25, 0.3) is 0 Å². The molecule has 1 atom stereocenters. The summed E-state index contributed by atoms with van der Waals surface area (Å²) in [6.07, 6.45) is -0.821. The van der Waals surface area contributed by atoms with Crippen LogP contribution in [0.4, 0.5) is 4.39 Å². The number of hydrogen-bond acceptors (Lipinski definition) is 1. The monoisotopic (exact) mass is 182 g/mol. The minimum Gasteiger partial charge on any atom is -0.241 e. The van der Waals surface area contributed by atoms with Gasteiger partial charge in [-0.3, -0.25) is 0 Å². The highest BCUT2D eigenvalue weighted by atomic mass is 32.2. The van der Waals surface area contributed by atoms with Crippen LogP contribution in [-0.2, 0) is 0 Å². The third-order valence-electron chi connectivity index (χ3n) is 2.18. The predicted molar refractivity (Wildman–Crippen MR) is 50.2 cm³/mol. The van der Waals surface area contributed by atoms with Gasteiger partial charge in [0.1, 0.15) is 6.17 Å². The van der Waals surface area contributed by atoms with E-state index in [2.05, 4.69) is 0 Å². The average molecular weight is 182 g/mol. The first kappa shape index (κ1) is 8.11. The number of hydrogen-bond donors (Lipinski definition) is 0.